The lowest BCUT2D eigenvalue weighted by molar-refractivity contribution is 0.0636. The molecule has 0 aliphatic rings. The Morgan fingerprint density at radius 2 is 2.14 bits per heavy atom. The van der Waals surface area contributed by atoms with Gasteiger partial charge in [-0.1, -0.05) is 0 Å². The molecule has 22 heavy (non-hydrogen) atoms. The van der Waals surface area contributed by atoms with Crippen LogP contribution in [0.5, 0.6) is 0 Å². The maximum Gasteiger partial charge on any atom is 0.412 e. The molecule has 2 rings (SSSR count). The van der Waals surface area contributed by atoms with Gasteiger partial charge in [-0.25, -0.2) is 14.2 Å². The van der Waals surface area contributed by atoms with Crippen molar-refractivity contribution in [3.05, 3.63) is 42.2 Å². The van der Waals surface area contributed by atoms with Crippen LogP contribution in [0.3, 0.4) is 0 Å². The first-order valence-electron chi connectivity index (χ1n) is 6.85. The zero-order valence-corrected chi connectivity index (χ0v) is 12.7. The van der Waals surface area contributed by atoms with Gasteiger partial charge in [0.05, 0.1) is 17.9 Å². The molecule has 2 aromatic rings. The fourth-order valence-electron chi connectivity index (χ4n) is 1.76. The molecule has 0 aliphatic carbocycles. The second kappa shape index (κ2) is 6.46. The number of carbonyl (C=O) groups is 1. The molecule has 0 saturated carbocycles. The molecular weight excluding hydrogens is 287 g/mol. The molecule has 0 fully saturated rings. The van der Waals surface area contributed by atoms with Crippen molar-refractivity contribution in [3.8, 4) is 0 Å². The van der Waals surface area contributed by atoms with E-state index in [1.165, 1.54) is 18.2 Å². The summed E-state index contributed by atoms with van der Waals surface area (Å²) in [6, 6.07) is 4.05. The average Bonchev–Trinajstić information content (AvgIpc) is 2.90. The first-order chi connectivity index (χ1) is 10.3. The highest BCUT2D eigenvalue weighted by Crippen LogP contribution is 2.24. The van der Waals surface area contributed by atoms with Crippen LogP contribution in [0.1, 0.15) is 26.6 Å². The van der Waals surface area contributed by atoms with Crippen molar-refractivity contribution in [3.63, 3.8) is 0 Å². The monoisotopic (exact) mass is 306 g/mol. The Balaban J connectivity index is 2.08. The topological polar surface area (TPSA) is 79.0 Å². The molecule has 1 amide bonds. The van der Waals surface area contributed by atoms with E-state index in [9.17, 15) is 9.18 Å². The van der Waals surface area contributed by atoms with E-state index in [0.717, 1.165) is 0 Å². The second-order valence-electron chi connectivity index (χ2n) is 5.71. The summed E-state index contributed by atoms with van der Waals surface area (Å²) in [7, 11) is 0. The fourth-order valence-corrected chi connectivity index (χ4v) is 1.76. The number of ether oxygens (including phenoxy) is 1. The molecular formula is C15H19FN4O2. The highest BCUT2D eigenvalue weighted by Gasteiger charge is 2.17. The van der Waals surface area contributed by atoms with Gasteiger partial charge in [-0.05, 0) is 39.0 Å². The lowest BCUT2D eigenvalue weighted by Gasteiger charge is -2.20. The molecule has 0 aliphatic heterocycles. The zero-order valence-electron chi connectivity index (χ0n) is 12.7. The fraction of sp³-hybridized carbons (Fsp3) is 0.333. The van der Waals surface area contributed by atoms with Crippen molar-refractivity contribution >= 4 is 17.5 Å². The Hall–Kier alpha value is -2.57. The number of rotatable bonds is 4. The number of carbonyl (C=O) groups excluding carboxylic acids is 1. The summed E-state index contributed by atoms with van der Waals surface area (Å²) >= 11 is 0. The molecule has 0 radical (unpaired) electrons. The van der Waals surface area contributed by atoms with Crippen molar-refractivity contribution in [2.45, 2.75) is 32.9 Å². The normalized spacial score (nSPS) is 11.1. The maximum absolute atomic E-state index is 13.4. The third kappa shape index (κ3) is 4.76. The minimum Gasteiger partial charge on any atom is -0.444 e. The van der Waals surface area contributed by atoms with Gasteiger partial charge in [0, 0.05) is 12.4 Å². The molecule has 1 heterocycles. The number of hydrogen-bond acceptors (Lipinski definition) is 4. The van der Waals surface area contributed by atoms with Crippen LogP contribution in [-0.4, -0.2) is 21.7 Å². The molecule has 0 atom stereocenters. The first-order valence-corrected chi connectivity index (χ1v) is 6.85. The van der Waals surface area contributed by atoms with Crippen LogP contribution >= 0.6 is 0 Å². The molecule has 1 aromatic heterocycles. The largest absolute Gasteiger partial charge is 0.444 e. The van der Waals surface area contributed by atoms with Crippen LogP contribution in [-0.2, 0) is 11.3 Å². The van der Waals surface area contributed by atoms with Gasteiger partial charge in [0.25, 0.3) is 0 Å². The average molecular weight is 306 g/mol. The number of amides is 1. The van der Waals surface area contributed by atoms with E-state index < -0.39 is 17.5 Å². The third-order valence-electron chi connectivity index (χ3n) is 2.62. The lowest BCUT2D eigenvalue weighted by atomic mass is 10.2. The predicted octanol–water partition coefficient (Wildman–Crippen LogP) is 3.51. The van der Waals surface area contributed by atoms with Crippen molar-refractivity contribution in [1.82, 2.24) is 9.97 Å². The van der Waals surface area contributed by atoms with Crippen LogP contribution in [0, 0.1) is 5.82 Å². The summed E-state index contributed by atoms with van der Waals surface area (Å²) in [5.41, 5.74) is 0.274. The number of nitrogens with one attached hydrogen (secondary N) is 3. The van der Waals surface area contributed by atoms with Gasteiger partial charge in [-0.2, -0.15) is 0 Å². The Morgan fingerprint density at radius 3 is 2.77 bits per heavy atom. The second-order valence-corrected chi connectivity index (χ2v) is 5.71. The molecule has 0 spiro atoms. The molecule has 0 bridgehead atoms. The summed E-state index contributed by atoms with van der Waals surface area (Å²) in [4.78, 5) is 18.8. The molecule has 6 nitrogen and oxygen atoms in total. The first kappa shape index (κ1) is 15.8. The maximum atomic E-state index is 13.4. The van der Waals surface area contributed by atoms with Crippen LogP contribution < -0.4 is 10.6 Å². The minimum absolute atomic E-state index is 0.374. The summed E-state index contributed by atoms with van der Waals surface area (Å²) in [6.45, 7) is 5.69. The van der Waals surface area contributed by atoms with Gasteiger partial charge in [0.1, 0.15) is 17.2 Å². The number of H-pyrrole nitrogens is 1. The smallest absolute Gasteiger partial charge is 0.412 e. The molecule has 0 unspecified atom stereocenters. The summed E-state index contributed by atoms with van der Waals surface area (Å²) < 4.78 is 18.6. The number of nitrogens with zero attached hydrogens (tertiary/aromatic N) is 1. The molecule has 118 valence electrons. The van der Waals surface area contributed by atoms with Crippen LogP contribution in [0.25, 0.3) is 0 Å². The number of aromatic amines is 1. The third-order valence-corrected chi connectivity index (χ3v) is 2.62. The molecule has 0 saturated heterocycles. The van der Waals surface area contributed by atoms with E-state index in [1.807, 2.05) is 0 Å². The number of aromatic nitrogens is 2. The molecule has 7 heteroatoms. The van der Waals surface area contributed by atoms with E-state index in [0.29, 0.717) is 23.7 Å². The van der Waals surface area contributed by atoms with Gasteiger partial charge in [0.2, 0.25) is 0 Å². The summed E-state index contributed by atoms with van der Waals surface area (Å²) in [6.07, 6.45) is 2.73. The van der Waals surface area contributed by atoms with Crippen molar-refractivity contribution < 1.29 is 13.9 Å². The Labute approximate surface area is 128 Å². The van der Waals surface area contributed by atoms with Gasteiger partial charge >= 0.3 is 6.09 Å². The van der Waals surface area contributed by atoms with E-state index >= 15 is 0 Å². The van der Waals surface area contributed by atoms with E-state index in [-0.39, 0.29) is 0 Å². The highest BCUT2D eigenvalue weighted by atomic mass is 19.1. The number of benzene rings is 1. The SMILES string of the molecule is CC(C)(C)OC(=O)Nc1ccc(F)cc1NCc1ncc[nH]1. The van der Waals surface area contributed by atoms with Crippen LogP contribution in [0.15, 0.2) is 30.6 Å². The van der Waals surface area contributed by atoms with Crippen molar-refractivity contribution in [2.75, 3.05) is 10.6 Å². The zero-order chi connectivity index (χ0) is 16.2. The highest BCUT2D eigenvalue weighted by molar-refractivity contribution is 5.89. The van der Waals surface area contributed by atoms with Crippen molar-refractivity contribution in [1.29, 1.82) is 0 Å². The minimum atomic E-state index is -0.605. The number of halogens is 1. The molecule has 1 aromatic carbocycles. The predicted molar refractivity (Wildman–Crippen MR) is 82.2 cm³/mol. The Bertz CT molecular complexity index is 635. The number of hydrogen-bond donors (Lipinski definition) is 3. The summed E-state index contributed by atoms with van der Waals surface area (Å²) in [5, 5.41) is 5.62. The van der Waals surface area contributed by atoms with Gasteiger partial charge in [-0.3, -0.25) is 5.32 Å². The van der Waals surface area contributed by atoms with Crippen molar-refractivity contribution in [2.24, 2.45) is 0 Å². The number of imidazole rings is 1. The summed E-state index contributed by atoms with van der Waals surface area (Å²) in [5.74, 6) is 0.296. The van der Waals surface area contributed by atoms with E-state index in [2.05, 4.69) is 20.6 Å². The van der Waals surface area contributed by atoms with Gasteiger partial charge in [0.15, 0.2) is 0 Å². The quantitative estimate of drug-likeness (QED) is 0.807. The van der Waals surface area contributed by atoms with Crippen LogP contribution in [0.2, 0.25) is 0 Å². The molecule has 3 N–H and O–H groups in total. The number of anilines is 2. The van der Waals surface area contributed by atoms with E-state index in [1.54, 1.807) is 33.2 Å². The van der Waals surface area contributed by atoms with E-state index in [4.69, 9.17) is 4.74 Å². The van der Waals surface area contributed by atoms with Crippen LogP contribution in [0.4, 0.5) is 20.6 Å². The Morgan fingerprint density at radius 1 is 1.36 bits per heavy atom. The van der Waals surface area contributed by atoms with Gasteiger partial charge in [-0.15, -0.1) is 0 Å². The van der Waals surface area contributed by atoms with Gasteiger partial charge < -0.3 is 15.0 Å². The standard InChI is InChI=1S/C15H19FN4O2/c1-15(2,3)22-14(21)20-11-5-4-10(16)8-12(11)19-9-13-17-6-7-18-13/h4-8,19H,9H2,1-3H3,(H,17,18)(H,20,21). The Kier molecular flexibility index (Phi) is 4.65. The lowest BCUT2D eigenvalue weighted by Crippen LogP contribution is -2.27.